The molecule has 5 aromatic rings. The van der Waals surface area contributed by atoms with Crippen LogP contribution >= 0.6 is 0 Å². The van der Waals surface area contributed by atoms with Crippen molar-refractivity contribution in [1.29, 1.82) is 0 Å². The number of methoxy groups -OCH3 is 3. The third kappa shape index (κ3) is 7.72. The fourth-order valence-electron chi connectivity index (χ4n) is 5.65. The molecular formula is C39H40FN3O7. The normalized spacial score (nSPS) is 11.2. The van der Waals surface area contributed by atoms with Crippen molar-refractivity contribution in [2.24, 2.45) is 0 Å². The molecular weight excluding hydrogens is 641 g/mol. The monoisotopic (exact) mass is 681 g/mol. The summed E-state index contributed by atoms with van der Waals surface area (Å²) in [6.07, 6.45) is 0. The number of hydrogen-bond donors (Lipinski definition) is 1. The van der Waals surface area contributed by atoms with Gasteiger partial charge in [-0.15, -0.1) is 0 Å². The molecule has 0 aliphatic heterocycles. The van der Waals surface area contributed by atoms with Gasteiger partial charge >= 0.3 is 5.97 Å². The summed E-state index contributed by atoms with van der Waals surface area (Å²) in [5, 5.41) is 0.215. The van der Waals surface area contributed by atoms with E-state index in [0.717, 1.165) is 5.56 Å². The zero-order valence-electron chi connectivity index (χ0n) is 29.1. The van der Waals surface area contributed by atoms with Crippen molar-refractivity contribution in [3.05, 3.63) is 123 Å². The van der Waals surface area contributed by atoms with Crippen LogP contribution in [0.5, 0.6) is 17.2 Å². The van der Waals surface area contributed by atoms with Crippen LogP contribution in [0.4, 0.5) is 15.8 Å². The first-order valence-electron chi connectivity index (χ1n) is 15.9. The van der Waals surface area contributed by atoms with Gasteiger partial charge in [0.2, 0.25) is 0 Å². The number of aromatic amines is 1. The topological polar surface area (TPSA) is 110 Å². The summed E-state index contributed by atoms with van der Waals surface area (Å²) < 4.78 is 37.4. The van der Waals surface area contributed by atoms with Gasteiger partial charge in [0.15, 0.2) is 0 Å². The third-order valence-corrected chi connectivity index (χ3v) is 7.99. The van der Waals surface area contributed by atoms with Gasteiger partial charge in [0.05, 0.1) is 44.6 Å². The number of anilines is 2. The minimum Gasteiger partial charge on any atom is -0.497 e. The Bertz CT molecular complexity index is 2070. The van der Waals surface area contributed by atoms with E-state index in [4.69, 9.17) is 18.9 Å². The summed E-state index contributed by atoms with van der Waals surface area (Å²) in [6.45, 7) is 5.69. The number of H-pyrrole nitrogens is 1. The number of carbonyl (C=O) groups excluding carboxylic acids is 2. The highest BCUT2D eigenvalue weighted by Gasteiger charge is 2.29. The molecule has 260 valence electrons. The number of nitrogens with one attached hydrogen (secondary N) is 1. The van der Waals surface area contributed by atoms with Crippen molar-refractivity contribution in [2.75, 3.05) is 38.2 Å². The van der Waals surface area contributed by atoms with Crippen LogP contribution in [0.15, 0.2) is 89.7 Å². The molecule has 0 bridgehead atoms. The number of hydrogen-bond acceptors (Lipinski definition) is 8. The molecule has 1 aromatic heterocycles. The first kappa shape index (κ1) is 35.5. The molecule has 1 amide bonds. The number of ether oxygens (including phenoxy) is 4. The number of carbonyl (C=O) groups is 2. The van der Waals surface area contributed by atoms with E-state index in [1.165, 1.54) is 38.4 Å². The Labute approximate surface area is 290 Å². The predicted octanol–water partition coefficient (Wildman–Crippen LogP) is 7.13. The fourth-order valence-corrected chi connectivity index (χ4v) is 5.65. The van der Waals surface area contributed by atoms with E-state index in [1.54, 1.807) is 70.3 Å². The van der Waals surface area contributed by atoms with Crippen LogP contribution < -0.4 is 29.6 Å². The molecule has 1 heterocycles. The Morgan fingerprint density at radius 1 is 0.840 bits per heavy atom. The highest BCUT2D eigenvalue weighted by atomic mass is 19.1. The largest absolute Gasteiger partial charge is 0.497 e. The molecule has 0 unspecified atom stereocenters. The van der Waals surface area contributed by atoms with Gasteiger partial charge in [-0.3, -0.25) is 9.59 Å². The first-order valence-corrected chi connectivity index (χ1v) is 15.9. The predicted molar refractivity (Wildman–Crippen MR) is 191 cm³/mol. The van der Waals surface area contributed by atoms with Crippen molar-refractivity contribution in [1.82, 2.24) is 4.98 Å². The Morgan fingerprint density at radius 2 is 1.54 bits per heavy atom. The molecule has 0 saturated carbocycles. The Hall–Kier alpha value is -5.84. The van der Waals surface area contributed by atoms with E-state index >= 15 is 4.39 Å². The zero-order chi connectivity index (χ0) is 36.2. The summed E-state index contributed by atoms with van der Waals surface area (Å²) in [5.41, 5.74) is 1.20. The zero-order valence-corrected chi connectivity index (χ0v) is 29.1. The lowest BCUT2D eigenvalue weighted by Gasteiger charge is -2.26. The van der Waals surface area contributed by atoms with Crippen molar-refractivity contribution >= 4 is 34.2 Å². The molecule has 50 heavy (non-hydrogen) atoms. The van der Waals surface area contributed by atoms with E-state index < -0.39 is 28.9 Å². The number of rotatable bonds is 11. The van der Waals surface area contributed by atoms with Crippen LogP contribution in [0.1, 0.15) is 52.6 Å². The van der Waals surface area contributed by atoms with Gasteiger partial charge in [-0.2, -0.15) is 0 Å². The third-order valence-electron chi connectivity index (χ3n) is 7.99. The van der Waals surface area contributed by atoms with E-state index in [9.17, 15) is 14.4 Å². The lowest BCUT2D eigenvalue weighted by atomic mass is 10.1. The molecule has 11 heteroatoms. The minimum absolute atomic E-state index is 0.0490. The number of aromatic nitrogens is 1. The van der Waals surface area contributed by atoms with Gasteiger partial charge in [-0.25, -0.2) is 9.18 Å². The van der Waals surface area contributed by atoms with Crippen molar-refractivity contribution in [3.63, 3.8) is 0 Å². The Kier molecular flexibility index (Phi) is 10.5. The lowest BCUT2D eigenvalue weighted by molar-refractivity contribution is 0.00694. The van der Waals surface area contributed by atoms with Crippen LogP contribution in [0, 0.1) is 5.82 Å². The van der Waals surface area contributed by atoms with Gasteiger partial charge in [-0.1, -0.05) is 30.3 Å². The van der Waals surface area contributed by atoms with Gasteiger partial charge in [0.1, 0.15) is 34.2 Å². The Balaban J connectivity index is 1.63. The van der Waals surface area contributed by atoms with Crippen LogP contribution in [0.2, 0.25) is 0 Å². The molecule has 0 fully saturated rings. The molecule has 10 nitrogen and oxygen atoms in total. The second-order valence-electron chi connectivity index (χ2n) is 12.7. The van der Waals surface area contributed by atoms with Gasteiger partial charge in [0, 0.05) is 36.3 Å². The molecule has 0 aliphatic rings. The van der Waals surface area contributed by atoms with Gasteiger partial charge in [-0.05, 0) is 74.9 Å². The number of esters is 1. The lowest BCUT2D eigenvalue weighted by Crippen LogP contribution is -2.35. The minimum atomic E-state index is -0.726. The van der Waals surface area contributed by atoms with Crippen LogP contribution in [-0.2, 0) is 17.8 Å². The molecule has 0 aliphatic carbocycles. The quantitative estimate of drug-likeness (QED) is 0.147. The second-order valence-corrected chi connectivity index (χ2v) is 12.7. The van der Waals surface area contributed by atoms with Crippen LogP contribution in [0.3, 0.4) is 0 Å². The van der Waals surface area contributed by atoms with E-state index in [2.05, 4.69) is 4.98 Å². The maximum Gasteiger partial charge on any atom is 0.338 e. The molecule has 0 spiro atoms. The van der Waals surface area contributed by atoms with E-state index in [-0.39, 0.29) is 28.8 Å². The summed E-state index contributed by atoms with van der Waals surface area (Å²) in [6, 6.07) is 23.6. The SMILES string of the molecule is COc1ccc(CN(C(=O)c2c(OC)c3cc(F)cc(N(C)Cc4ccccc4)c3[nH]c2=O)c2ccc(C(=O)OC(C)(C)C)cc2)c(OC)c1. The number of benzene rings is 4. The second kappa shape index (κ2) is 14.7. The number of amides is 1. The molecule has 5 rings (SSSR count). The number of pyridine rings is 1. The van der Waals surface area contributed by atoms with Gasteiger partial charge < -0.3 is 33.7 Å². The van der Waals surface area contributed by atoms with Crippen molar-refractivity contribution in [2.45, 2.75) is 39.5 Å². The van der Waals surface area contributed by atoms with Crippen molar-refractivity contribution < 1.29 is 32.9 Å². The van der Waals surface area contributed by atoms with E-state index in [1.807, 2.05) is 35.2 Å². The highest BCUT2D eigenvalue weighted by Crippen LogP contribution is 2.36. The summed E-state index contributed by atoms with van der Waals surface area (Å²) in [5.74, 6) is -0.917. The van der Waals surface area contributed by atoms with E-state index in [0.29, 0.717) is 40.5 Å². The van der Waals surface area contributed by atoms with Crippen LogP contribution in [-0.4, -0.2) is 50.8 Å². The summed E-state index contributed by atoms with van der Waals surface area (Å²) >= 11 is 0. The highest BCUT2D eigenvalue weighted by molar-refractivity contribution is 6.11. The number of fused-ring (bicyclic) bond motifs is 1. The average Bonchev–Trinajstić information content (AvgIpc) is 3.09. The Morgan fingerprint density at radius 3 is 2.16 bits per heavy atom. The van der Waals surface area contributed by atoms with Gasteiger partial charge in [0.25, 0.3) is 11.5 Å². The first-order chi connectivity index (χ1) is 23.8. The summed E-state index contributed by atoms with van der Waals surface area (Å²) in [4.78, 5) is 47.4. The maximum atomic E-state index is 15.3. The van der Waals surface area contributed by atoms with Crippen molar-refractivity contribution in [3.8, 4) is 17.2 Å². The fraction of sp³-hybridized carbons (Fsp3) is 0.256. The molecule has 0 saturated heterocycles. The molecule has 0 atom stereocenters. The van der Waals surface area contributed by atoms with Crippen LogP contribution in [0.25, 0.3) is 10.9 Å². The molecule has 0 radical (unpaired) electrons. The molecule has 1 N–H and O–H groups in total. The summed E-state index contributed by atoms with van der Waals surface area (Å²) in [7, 11) is 6.15. The smallest absolute Gasteiger partial charge is 0.338 e. The number of halogens is 1. The standard InChI is InChI=1S/C39H40FN3O7/c1-39(2,3)50-38(46)25-13-16-28(17-14-25)43(23-26-15-18-29(47-5)21-32(26)48-6)37(45)33-35(49-7)30-19-27(40)20-31(34(30)41-36(33)44)42(4)22-24-11-9-8-10-12-24/h8-21H,22-23H2,1-7H3,(H,41,44). The number of nitrogens with zero attached hydrogens (tertiary/aromatic N) is 2. The average molecular weight is 682 g/mol. The molecule has 4 aromatic carbocycles. The maximum absolute atomic E-state index is 15.3.